The molecule has 0 radical (unpaired) electrons. The van der Waals surface area contributed by atoms with Gasteiger partial charge >= 0.3 is 6.18 Å². The second-order valence-corrected chi connectivity index (χ2v) is 8.58. The average molecular weight is 479 g/mol. The molecule has 10 heteroatoms. The van der Waals surface area contributed by atoms with Gasteiger partial charge in [-0.3, -0.25) is 4.79 Å². The van der Waals surface area contributed by atoms with E-state index >= 15 is 0 Å². The van der Waals surface area contributed by atoms with Crippen molar-refractivity contribution in [2.75, 3.05) is 6.54 Å². The Kier molecular flexibility index (Phi) is 6.45. The highest BCUT2D eigenvalue weighted by atomic mass is 35.5. The van der Waals surface area contributed by atoms with Crippen LogP contribution in [0.2, 0.25) is 5.02 Å². The first-order chi connectivity index (χ1) is 15.6. The summed E-state index contributed by atoms with van der Waals surface area (Å²) in [7, 11) is 0. The Morgan fingerprint density at radius 3 is 2.58 bits per heavy atom. The van der Waals surface area contributed by atoms with E-state index in [4.69, 9.17) is 11.6 Å². The van der Waals surface area contributed by atoms with Gasteiger partial charge in [0.25, 0.3) is 0 Å². The van der Waals surface area contributed by atoms with Crippen molar-refractivity contribution < 1.29 is 23.1 Å². The molecule has 2 atom stereocenters. The number of aliphatic hydroxyl groups is 1. The number of β-amino-alcohol motifs (C(OH)–C–C–N with tert-alkyl or cyclic N) is 1. The Morgan fingerprint density at radius 1 is 1.15 bits per heavy atom. The number of halogens is 4. The summed E-state index contributed by atoms with van der Waals surface area (Å²) in [6, 6.07) is 11.5. The number of hydrogen-bond donors (Lipinski definition) is 1. The van der Waals surface area contributed by atoms with Crippen LogP contribution in [0.15, 0.2) is 48.5 Å². The Hall–Kier alpha value is -2.91. The van der Waals surface area contributed by atoms with Gasteiger partial charge in [-0.15, -0.1) is 10.2 Å². The first-order valence-corrected chi connectivity index (χ1v) is 10.8. The van der Waals surface area contributed by atoms with E-state index in [0.29, 0.717) is 23.2 Å². The molecule has 1 saturated heterocycles. The van der Waals surface area contributed by atoms with Gasteiger partial charge in [-0.25, -0.2) is 0 Å². The number of nitrogens with zero attached hydrogens (tertiary/aromatic N) is 4. The molecular weight excluding hydrogens is 457 g/mol. The standard InChI is InChI=1S/C23H22ClF3N4O2/c1-14-28-29-22(30(14)12-15-5-7-18(24)8-6-15)20-11-19(32)13-31(20)21(33)10-16-3-2-4-17(9-16)23(25,26)27/h2-9,19-20,32H,10-13H2,1H3. The smallest absolute Gasteiger partial charge is 0.391 e. The lowest BCUT2D eigenvalue weighted by Gasteiger charge is -2.25. The summed E-state index contributed by atoms with van der Waals surface area (Å²) in [4.78, 5) is 14.6. The van der Waals surface area contributed by atoms with E-state index in [1.54, 1.807) is 19.1 Å². The molecule has 6 nitrogen and oxygen atoms in total. The van der Waals surface area contributed by atoms with E-state index in [0.717, 1.165) is 17.7 Å². The van der Waals surface area contributed by atoms with Crippen molar-refractivity contribution in [3.63, 3.8) is 0 Å². The van der Waals surface area contributed by atoms with Crippen molar-refractivity contribution in [1.29, 1.82) is 0 Å². The van der Waals surface area contributed by atoms with Crippen LogP contribution < -0.4 is 0 Å². The van der Waals surface area contributed by atoms with Crippen molar-refractivity contribution in [3.05, 3.63) is 81.9 Å². The Balaban J connectivity index is 1.57. The fraction of sp³-hybridized carbons (Fsp3) is 0.348. The summed E-state index contributed by atoms with van der Waals surface area (Å²) in [5, 5.41) is 19.3. The molecule has 3 aromatic rings. The predicted molar refractivity (Wildman–Crippen MR) is 116 cm³/mol. The van der Waals surface area contributed by atoms with Gasteiger partial charge in [-0.2, -0.15) is 13.2 Å². The maximum atomic E-state index is 13.1. The van der Waals surface area contributed by atoms with E-state index in [2.05, 4.69) is 10.2 Å². The fourth-order valence-corrected chi connectivity index (χ4v) is 4.21. The van der Waals surface area contributed by atoms with Crippen LogP contribution in [0.5, 0.6) is 0 Å². The molecule has 1 aliphatic heterocycles. The average Bonchev–Trinajstić information content (AvgIpc) is 3.32. The second-order valence-electron chi connectivity index (χ2n) is 8.14. The molecule has 1 aromatic heterocycles. The van der Waals surface area contributed by atoms with Crippen molar-refractivity contribution in [3.8, 4) is 0 Å². The summed E-state index contributed by atoms with van der Waals surface area (Å²) in [6.45, 7) is 2.33. The highest BCUT2D eigenvalue weighted by Gasteiger charge is 2.38. The topological polar surface area (TPSA) is 71.2 Å². The molecule has 174 valence electrons. The lowest BCUT2D eigenvalue weighted by atomic mass is 10.1. The van der Waals surface area contributed by atoms with Crippen LogP contribution in [0.1, 0.15) is 40.8 Å². The largest absolute Gasteiger partial charge is 0.416 e. The number of amides is 1. The Morgan fingerprint density at radius 2 is 1.88 bits per heavy atom. The van der Waals surface area contributed by atoms with Gasteiger partial charge in [-0.1, -0.05) is 41.9 Å². The molecule has 2 unspecified atom stereocenters. The van der Waals surface area contributed by atoms with Crippen LogP contribution in [0.4, 0.5) is 13.2 Å². The maximum Gasteiger partial charge on any atom is 0.416 e. The number of likely N-dealkylation sites (tertiary alicyclic amines) is 1. The molecule has 1 fully saturated rings. The Bertz CT molecular complexity index is 1150. The van der Waals surface area contributed by atoms with Gasteiger partial charge in [0.05, 0.1) is 30.7 Å². The maximum absolute atomic E-state index is 13.1. The van der Waals surface area contributed by atoms with Crippen LogP contribution in [-0.4, -0.2) is 43.3 Å². The van der Waals surface area contributed by atoms with Crippen LogP contribution in [0.3, 0.4) is 0 Å². The van der Waals surface area contributed by atoms with Gasteiger partial charge in [0.2, 0.25) is 5.91 Å². The van der Waals surface area contributed by atoms with Crippen LogP contribution >= 0.6 is 11.6 Å². The third kappa shape index (κ3) is 5.20. The van der Waals surface area contributed by atoms with Gasteiger partial charge in [0.1, 0.15) is 5.82 Å². The molecule has 1 aliphatic rings. The molecule has 0 aliphatic carbocycles. The highest BCUT2D eigenvalue weighted by Crippen LogP contribution is 2.33. The number of aromatic nitrogens is 3. The van der Waals surface area contributed by atoms with Crippen LogP contribution in [0.25, 0.3) is 0 Å². The number of benzene rings is 2. The number of hydrogen-bond acceptors (Lipinski definition) is 4. The second kappa shape index (κ2) is 9.15. The molecule has 0 bridgehead atoms. The summed E-state index contributed by atoms with van der Waals surface area (Å²) in [5.74, 6) is 0.789. The molecule has 1 amide bonds. The van der Waals surface area contributed by atoms with E-state index in [1.165, 1.54) is 17.0 Å². The number of aliphatic hydroxyl groups excluding tert-OH is 1. The van der Waals surface area contributed by atoms with Crippen molar-refractivity contribution in [2.45, 2.75) is 44.6 Å². The first kappa shape index (κ1) is 23.3. The number of rotatable bonds is 5. The lowest BCUT2D eigenvalue weighted by molar-refractivity contribution is -0.138. The van der Waals surface area contributed by atoms with Gasteiger partial charge < -0.3 is 14.6 Å². The van der Waals surface area contributed by atoms with Crippen LogP contribution in [-0.2, 0) is 23.9 Å². The zero-order valence-corrected chi connectivity index (χ0v) is 18.5. The van der Waals surface area contributed by atoms with Crippen molar-refractivity contribution in [2.24, 2.45) is 0 Å². The molecule has 4 rings (SSSR count). The van der Waals surface area contributed by atoms with Gasteiger partial charge in [-0.05, 0) is 36.2 Å². The minimum Gasteiger partial charge on any atom is -0.391 e. The van der Waals surface area contributed by atoms with Gasteiger partial charge in [0, 0.05) is 18.0 Å². The summed E-state index contributed by atoms with van der Waals surface area (Å²) >= 11 is 5.97. The number of alkyl halides is 3. The molecule has 0 saturated carbocycles. The highest BCUT2D eigenvalue weighted by molar-refractivity contribution is 6.30. The molecule has 2 aromatic carbocycles. The first-order valence-electron chi connectivity index (χ1n) is 10.4. The molecular formula is C23H22ClF3N4O2. The molecule has 2 heterocycles. The monoisotopic (exact) mass is 478 g/mol. The van der Waals surface area contributed by atoms with E-state index < -0.39 is 23.9 Å². The Labute approximate surface area is 193 Å². The third-order valence-electron chi connectivity index (χ3n) is 5.73. The number of carbonyl (C=O) groups is 1. The van der Waals surface area contributed by atoms with E-state index in [9.17, 15) is 23.1 Å². The minimum atomic E-state index is -4.49. The summed E-state index contributed by atoms with van der Waals surface area (Å²) < 4.78 is 41.0. The fourth-order valence-electron chi connectivity index (χ4n) is 4.08. The number of aryl methyl sites for hydroxylation is 1. The third-order valence-corrected chi connectivity index (χ3v) is 5.98. The summed E-state index contributed by atoms with van der Waals surface area (Å²) in [5.41, 5.74) is 0.418. The van der Waals surface area contributed by atoms with Crippen molar-refractivity contribution in [1.82, 2.24) is 19.7 Å². The van der Waals surface area contributed by atoms with E-state index in [1.807, 2.05) is 16.7 Å². The molecule has 0 spiro atoms. The van der Waals surface area contributed by atoms with Crippen molar-refractivity contribution >= 4 is 17.5 Å². The van der Waals surface area contributed by atoms with E-state index in [-0.39, 0.29) is 30.9 Å². The predicted octanol–water partition coefficient (Wildman–Crippen LogP) is 4.18. The zero-order chi connectivity index (χ0) is 23.8. The molecule has 1 N–H and O–H groups in total. The summed E-state index contributed by atoms with van der Waals surface area (Å²) in [6.07, 6.45) is -5.19. The van der Waals surface area contributed by atoms with Crippen LogP contribution in [0, 0.1) is 6.92 Å². The quantitative estimate of drug-likeness (QED) is 0.597. The SMILES string of the molecule is Cc1nnc(C2CC(O)CN2C(=O)Cc2cccc(C(F)(F)F)c2)n1Cc1ccc(Cl)cc1. The van der Waals surface area contributed by atoms with Gasteiger partial charge in [0.15, 0.2) is 5.82 Å². The lowest BCUT2D eigenvalue weighted by Crippen LogP contribution is -2.34. The minimum absolute atomic E-state index is 0.0787. The normalized spacial score (nSPS) is 18.7. The zero-order valence-electron chi connectivity index (χ0n) is 17.8. The number of carbonyl (C=O) groups excluding carboxylic acids is 1. The molecule has 33 heavy (non-hydrogen) atoms.